The Bertz CT molecular complexity index is 1200. The van der Waals surface area contributed by atoms with E-state index in [4.69, 9.17) is 5.41 Å². The molecular weight excluding hydrogens is 529 g/mol. The zero-order valence-electron chi connectivity index (χ0n) is 26.3. The number of aryl methyl sites for hydroxylation is 1. The summed E-state index contributed by atoms with van der Waals surface area (Å²) in [6.07, 6.45) is 6.85. The molecule has 9 nitrogen and oxygen atoms in total. The van der Waals surface area contributed by atoms with Crippen molar-refractivity contribution in [3.05, 3.63) is 47.7 Å². The van der Waals surface area contributed by atoms with Gasteiger partial charge in [0.05, 0.1) is 11.4 Å². The monoisotopic (exact) mass is 579 g/mol. The molecule has 42 heavy (non-hydrogen) atoms. The minimum atomic E-state index is -0.249. The van der Waals surface area contributed by atoms with Gasteiger partial charge in [0.2, 0.25) is 5.95 Å². The number of piperazine rings is 1. The summed E-state index contributed by atoms with van der Waals surface area (Å²) in [5.74, 6) is 0.117. The van der Waals surface area contributed by atoms with E-state index < -0.39 is 0 Å². The van der Waals surface area contributed by atoms with Gasteiger partial charge < -0.3 is 25.8 Å². The number of likely N-dealkylation sites (N-methyl/N-ethyl adjacent to an activating group) is 1. The van der Waals surface area contributed by atoms with E-state index >= 15 is 4.39 Å². The highest BCUT2D eigenvalue weighted by atomic mass is 19.1. The van der Waals surface area contributed by atoms with Crippen molar-refractivity contribution >= 4 is 29.1 Å². The molecule has 2 fully saturated rings. The number of nitrogens with one attached hydrogen (secondary N) is 3. The van der Waals surface area contributed by atoms with Crippen molar-refractivity contribution in [2.45, 2.75) is 65.6 Å². The molecule has 0 unspecified atom stereocenters. The molecule has 2 aromatic rings. The maximum Gasteiger partial charge on any atom is 0.227 e. The summed E-state index contributed by atoms with van der Waals surface area (Å²) < 4.78 is 15.3. The Balaban J connectivity index is 1.29. The quantitative estimate of drug-likeness (QED) is 0.315. The number of anilines is 3. The van der Waals surface area contributed by atoms with Gasteiger partial charge in [-0.05, 0) is 78.3 Å². The van der Waals surface area contributed by atoms with Gasteiger partial charge in [0.1, 0.15) is 5.82 Å². The summed E-state index contributed by atoms with van der Waals surface area (Å²) in [4.78, 5) is 18.8. The second-order valence-corrected chi connectivity index (χ2v) is 12.3. The number of halogens is 1. The van der Waals surface area contributed by atoms with Gasteiger partial charge in [-0.2, -0.15) is 0 Å². The van der Waals surface area contributed by atoms with Crippen molar-refractivity contribution in [2.75, 3.05) is 69.6 Å². The number of rotatable bonds is 12. The fourth-order valence-electron chi connectivity index (χ4n) is 5.73. The van der Waals surface area contributed by atoms with Crippen molar-refractivity contribution in [1.29, 1.82) is 5.41 Å². The standard InChI is InChI=1S/C32H50FN9/c1-23(2)35-22-26(20-34)31-25(5)21-36-32(38-31)37-27-7-8-30(29(33)19-27)42-11-9-28(10-12-42)39(6)13-14-40-15-17-41(18-16-40)24(3)4/h7-8,19-24,28,34-35H,9-18H2,1-6H3,(H,36,37,38)/b26-22+,34-20?. The number of hydrogen-bond acceptors (Lipinski definition) is 9. The van der Waals surface area contributed by atoms with Crippen LogP contribution < -0.4 is 15.5 Å². The van der Waals surface area contributed by atoms with Crippen LogP contribution in [0.3, 0.4) is 0 Å². The molecule has 2 aliphatic rings. The number of benzene rings is 1. The van der Waals surface area contributed by atoms with Gasteiger partial charge in [0, 0.05) is 100 Å². The van der Waals surface area contributed by atoms with E-state index in [0.717, 1.165) is 70.8 Å². The van der Waals surface area contributed by atoms with E-state index in [1.807, 2.05) is 32.9 Å². The van der Waals surface area contributed by atoms with Gasteiger partial charge in [-0.3, -0.25) is 9.80 Å². The van der Waals surface area contributed by atoms with E-state index in [-0.39, 0.29) is 11.9 Å². The Morgan fingerprint density at radius 2 is 1.83 bits per heavy atom. The Morgan fingerprint density at radius 3 is 2.45 bits per heavy atom. The lowest BCUT2D eigenvalue weighted by molar-refractivity contribution is 0.0940. The van der Waals surface area contributed by atoms with Crippen LogP contribution in [0.15, 0.2) is 30.6 Å². The Hall–Kier alpha value is -3.08. The molecule has 2 aliphatic heterocycles. The third-order valence-corrected chi connectivity index (χ3v) is 8.51. The van der Waals surface area contributed by atoms with Gasteiger partial charge in [0.15, 0.2) is 0 Å². The first-order valence-electron chi connectivity index (χ1n) is 15.4. The number of piperidine rings is 1. The van der Waals surface area contributed by atoms with Crippen molar-refractivity contribution in [3.8, 4) is 0 Å². The maximum atomic E-state index is 15.3. The average Bonchev–Trinajstić information content (AvgIpc) is 2.98. The molecule has 0 spiro atoms. The van der Waals surface area contributed by atoms with Crippen LogP contribution in [0.5, 0.6) is 0 Å². The van der Waals surface area contributed by atoms with E-state index in [1.165, 1.54) is 12.3 Å². The lowest BCUT2D eigenvalue weighted by atomic mass is 10.0. The molecule has 3 N–H and O–H groups in total. The molecule has 0 atom stereocenters. The minimum Gasteiger partial charge on any atom is -0.388 e. The van der Waals surface area contributed by atoms with Gasteiger partial charge in [-0.1, -0.05) is 0 Å². The molecule has 0 saturated carbocycles. The maximum absolute atomic E-state index is 15.3. The summed E-state index contributed by atoms with van der Waals surface area (Å²) in [5, 5.41) is 14.2. The van der Waals surface area contributed by atoms with Crippen LogP contribution in [0, 0.1) is 18.2 Å². The zero-order valence-corrected chi connectivity index (χ0v) is 26.3. The summed E-state index contributed by atoms with van der Waals surface area (Å²) in [6.45, 7) is 19.1. The summed E-state index contributed by atoms with van der Waals surface area (Å²) >= 11 is 0. The fraction of sp³-hybridized carbons (Fsp3) is 0.594. The van der Waals surface area contributed by atoms with Crippen LogP contribution in [-0.4, -0.2) is 108 Å². The molecule has 3 heterocycles. The molecule has 4 rings (SSSR count). The number of hydrogen-bond donors (Lipinski definition) is 3. The zero-order chi connectivity index (χ0) is 30.2. The van der Waals surface area contributed by atoms with Gasteiger partial charge >= 0.3 is 0 Å². The predicted molar refractivity (Wildman–Crippen MR) is 172 cm³/mol. The highest BCUT2D eigenvalue weighted by Gasteiger charge is 2.25. The lowest BCUT2D eigenvalue weighted by Gasteiger charge is -2.40. The molecule has 1 aromatic carbocycles. The molecule has 1 aromatic heterocycles. The van der Waals surface area contributed by atoms with Gasteiger partial charge in [0.25, 0.3) is 0 Å². The van der Waals surface area contributed by atoms with Crippen LogP contribution in [0.25, 0.3) is 5.57 Å². The average molecular weight is 580 g/mol. The van der Waals surface area contributed by atoms with E-state index in [0.29, 0.717) is 40.7 Å². The minimum absolute atomic E-state index is 0.244. The fourth-order valence-corrected chi connectivity index (χ4v) is 5.73. The normalized spacial score (nSPS) is 17.9. The molecular formula is C32H50FN9. The summed E-state index contributed by atoms with van der Waals surface area (Å²) in [5.41, 5.74) is 3.42. The van der Waals surface area contributed by atoms with Crippen LogP contribution in [-0.2, 0) is 0 Å². The Labute approximate surface area is 251 Å². The van der Waals surface area contributed by atoms with Crippen molar-refractivity contribution in [1.82, 2.24) is 30.0 Å². The topological polar surface area (TPSA) is 86.7 Å². The largest absolute Gasteiger partial charge is 0.388 e. The third kappa shape index (κ3) is 8.49. The predicted octanol–water partition coefficient (Wildman–Crippen LogP) is 4.58. The van der Waals surface area contributed by atoms with E-state index in [9.17, 15) is 0 Å². The molecule has 10 heteroatoms. The molecule has 0 bridgehead atoms. The third-order valence-electron chi connectivity index (χ3n) is 8.51. The summed E-state index contributed by atoms with van der Waals surface area (Å²) in [7, 11) is 2.24. The first-order valence-corrected chi connectivity index (χ1v) is 15.4. The molecule has 2 saturated heterocycles. The van der Waals surface area contributed by atoms with Gasteiger partial charge in [-0.25, -0.2) is 14.4 Å². The second kappa shape index (κ2) is 14.9. The smallest absolute Gasteiger partial charge is 0.227 e. The SMILES string of the molecule is Cc1cnc(Nc2ccc(N3CCC(N(C)CCN4CCN(C(C)C)CC4)CC3)c(F)c2)nc1/C(C=N)=C/NC(C)C. The number of allylic oxidation sites excluding steroid dienone is 1. The molecule has 0 radical (unpaired) electrons. The van der Waals surface area contributed by atoms with Crippen molar-refractivity contribution in [3.63, 3.8) is 0 Å². The van der Waals surface area contributed by atoms with Crippen molar-refractivity contribution in [2.24, 2.45) is 0 Å². The van der Waals surface area contributed by atoms with Crippen LogP contribution in [0.4, 0.5) is 21.7 Å². The first-order chi connectivity index (χ1) is 20.1. The molecule has 0 amide bonds. The van der Waals surface area contributed by atoms with Crippen LogP contribution in [0.1, 0.15) is 51.8 Å². The first kappa shape index (κ1) is 31.8. The van der Waals surface area contributed by atoms with Crippen LogP contribution in [0.2, 0.25) is 0 Å². The van der Waals surface area contributed by atoms with Crippen LogP contribution >= 0.6 is 0 Å². The molecule has 0 aliphatic carbocycles. The second-order valence-electron chi connectivity index (χ2n) is 12.3. The Morgan fingerprint density at radius 1 is 1.12 bits per heavy atom. The molecule has 230 valence electrons. The van der Waals surface area contributed by atoms with Crippen molar-refractivity contribution < 1.29 is 4.39 Å². The Kier molecular flexibility index (Phi) is 11.3. The number of aromatic nitrogens is 2. The lowest BCUT2D eigenvalue weighted by Crippen LogP contribution is -2.51. The highest BCUT2D eigenvalue weighted by molar-refractivity contribution is 6.07. The summed E-state index contributed by atoms with van der Waals surface area (Å²) in [6, 6.07) is 6.66. The van der Waals surface area contributed by atoms with Gasteiger partial charge in [-0.15, -0.1) is 0 Å². The van der Waals surface area contributed by atoms with E-state index in [1.54, 1.807) is 12.4 Å². The van der Waals surface area contributed by atoms with E-state index in [2.05, 4.69) is 61.1 Å². The number of nitrogens with zero attached hydrogens (tertiary/aromatic N) is 6. The highest BCUT2D eigenvalue weighted by Crippen LogP contribution is 2.28.